The first-order chi connectivity index (χ1) is 13.1. The highest BCUT2D eigenvalue weighted by molar-refractivity contribution is 5.98. The van der Waals surface area contributed by atoms with Crippen molar-refractivity contribution in [2.45, 2.75) is 70.6 Å². The number of nitrogens with zero attached hydrogens (tertiary/aromatic N) is 2. The fourth-order valence-electron chi connectivity index (χ4n) is 4.25. The lowest BCUT2D eigenvalue weighted by atomic mass is 9.75. The number of amides is 1. The number of benzene rings is 1. The zero-order valence-electron chi connectivity index (χ0n) is 16.3. The third-order valence-corrected chi connectivity index (χ3v) is 5.39. The number of Topliss-reactive ketones (excluding diaryl/α,β-unsaturated/α-hetero) is 1. The number of nitriles is 1. The van der Waals surface area contributed by atoms with Crippen LogP contribution in [0, 0.1) is 28.9 Å². The quantitative estimate of drug-likeness (QED) is 0.693. The van der Waals surface area contributed by atoms with E-state index in [1.807, 2.05) is 0 Å². The van der Waals surface area contributed by atoms with Gasteiger partial charge in [-0.25, -0.2) is 13.6 Å². The van der Waals surface area contributed by atoms with Gasteiger partial charge in [0.05, 0.1) is 11.1 Å². The van der Waals surface area contributed by atoms with Crippen LogP contribution in [-0.4, -0.2) is 34.5 Å². The van der Waals surface area contributed by atoms with Gasteiger partial charge in [0.2, 0.25) is 0 Å². The summed E-state index contributed by atoms with van der Waals surface area (Å²) >= 11 is 0. The van der Waals surface area contributed by atoms with Crippen molar-refractivity contribution < 1.29 is 23.1 Å². The van der Waals surface area contributed by atoms with Gasteiger partial charge in [0.25, 0.3) is 0 Å². The van der Waals surface area contributed by atoms with Crippen molar-refractivity contribution in [2.24, 2.45) is 5.92 Å². The van der Waals surface area contributed by atoms with Gasteiger partial charge in [-0.15, -0.1) is 0 Å². The smallest absolute Gasteiger partial charge is 0.410 e. The minimum atomic E-state index is -0.904. The van der Waals surface area contributed by atoms with Crippen LogP contribution in [0.1, 0.15) is 68.8 Å². The van der Waals surface area contributed by atoms with Gasteiger partial charge in [0.15, 0.2) is 5.78 Å². The fraction of sp³-hybridized carbons (Fsp3) is 0.571. The van der Waals surface area contributed by atoms with E-state index in [-0.39, 0.29) is 23.7 Å². The molecule has 2 atom stereocenters. The Labute approximate surface area is 163 Å². The standard InChI is InChI=1S/C21H24F2N2O3/c1-21(2,3)28-20(27)25-14-5-4-6-15(25)8-12(7-14)19(26)16-10-17(22)13(11-24)9-18(16)23/h9-10,12,14-15H,4-8H2,1-3H3. The lowest BCUT2D eigenvalue weighted by Gasteiger charge is -2.48. The number of piperidine rings is 2. The van der Waals surface area contributed by atoms with Gasteiger partial charge in [-0.2, -0.15) is 5.26 Å². The molecule has 0 radical (unpaired) electrons. The van der Waals surface area contributed by atoms with E-state index in [0.717, 1.165) is 31.4 Å². The number of carbonyl (C=O) groups is 2. The van der Waals surface area contributed by atoms with Crippen LogP contribution in [0.5, 0.6) is 0 Å². The maximum absolute atomic E-state index is 14.3. The number of rotatable bonds is 2. The van der Waals surface area contributed by atoms with Gasteiger partial charge in [-0.3, -0.25) is 4.79 Å². The van der Waals surface area contributed by atoms with E-state index in [2.05, 4.69) is 0 Å². The number of carbonyl (C=O) groups excluding carboxylic acids is 2. The Morgan fingerprint density at radius 2 is 1.75 bits per heavy atom. The number of hydrogen-bond acceptors (Lipinski definition) is 4. The first-order valence-corrected chi connectivity index (χ1v) is 9.55. The minimum absolute atomic E-state index is 0.150. The summed E-state index contributed by atoms with van der Waals surface area (Å²) in [5.74, 6) is -2.75. The van der Waals surface area contributed by atoms with E-state index in [9.17, 15) is 18.4 Å². The Morgan fingerprint density at radius 1 is 1.14 bits per heavy atom. The summed E-state index contributed by atoms with van der Waals surface area (Å²) in [4.78, 5) is 27.2. The summed E-state index contributed by atoms with van der Waals surface area (Å²) in [6.45, 7) is 5.41. The molecule has 0 spiro atoms. The summed E-state index contributed by atoms with van der Waals surface area (Å²) in [6.07, 6.45) is 2.87. The number of ketones is 1. The molecule has 1 aromatic rings. The maximum Gasteiger partial charge on any atom is 0.410 e. The topological polar surface area (TPSA) is 70.4 Å². The number of ether oxygens (including phenoxy) is 1. The SMILES string of the molecule is CC(C)(C)OC(=O)N1C2CCCC1CC(C(=O)c1cc(F)c(C#N)cc1F)C2. The molecule has 28 heavy (non-hydrogen) atoms. The van der Waals surface area contributed by atoms with E-state index in [1.54, 1.807) is 31.7 Å². The molecule has 0 saturated carbocycles. The molecule has 5 nitrogen and oxygen atoms in total. The van der Waals surface area contributed by atoms with Gasteiger partial charge in [0, 0.05) is 18.0 Å². The first kappa shape index (κ1) is 20.2. The number of halogens is 2. The molecular formula is C21H24F2N2O3. The number of fused-ring (bicyclic) bond motifs is 2. The normalized spacial score (nSPS) is 24.4. The summed E-state index contributed by atoms with van der Waals surface area (Å²) < 4.78 is 33.7. The molecule has 3 rings (SSSR count). The molecular weight excluding hydrogens is 366 g/mol. The highest BCUT2D eigenvalue weighted by atomic mass is 19.1. The Balaban J connectivity index is 1.80. The van der Waals surface area contributed by atoms with Crippen LogP contribution in [0.15, 0.2) is 12.1 Å². The third kappa shape index (κ3) is 4.01. The molecule has 150 valence electrons. The first-order valence-electron chi connectivity index (χ1n) is 9.55. The highest BCUT2D eigenvalue weighted by Crippen LogP contribution is 2.39. The molecule has 0 aliphatic carbocycles. The molecule has 2 aliphatic rings. The molecule has 1 aromatic carbocycles. The fourth-order valence-corrected chi connectivity index (χ4v) is 4.25. The van der Waals surface area contributed by atoms with E-state index in [4.69, 9.17) is 10.00 Å². The van der Waals surface area contributed by atoms with Gasteiger partial charge < -0.3 is 9.64 Å². The molecule has 0 aromatic heterocycles. The Kier molecular flexibility index (Phi) is 5.42. The Bertz CT molecular complexity index is 827. The van der Waals surface area contributed by atoms with Crippen molar-refractivity contribution in [3.8, 4) is 6.07 Å². The Hall–Kier alpha value is -2.49. The van der Waals surface area contributed by atoms with Crippen LogP contribution in [-0.2, 0) is 4.74 Å². The van der Waals surface area contributed by atoms with Gasteiger partial charge in [-0.1, -0.05) is 0 Å². The summed E-state index contributed by atoms with van der Waals surface area (Å²) in [5, 5.41) is 8.80. The largest absolute Gasteiger partial charge is 0.444 e. The van der Waals surface area contributed by atoms with Crippen molar-refractivity contribution in [1.82, 2.24) is 4.90 Å². The molecule has 2 bridgehead atoms. The zero-order chi connectivity index (χ0) is 20.6. The van der Waals surface area contributed by atoms with E-state index >= 15 is 0 Å². The predicted octanol–water partition coefficient (Wildman–Crippen LogP) is 4.59. The Morgan fingerprint density at radius 3 is 2.29 bits per heavy atom. The van der Waals surface area contributed by atoms with E-state index in [0.29, 0.717) is 12.8 Å². The third-order valence-electron chi connectivity index (χ3n) is 5.39. The average Bonchev–Trinajstić information content (AvgIpc) is 2.60. The van der Waals surface area contributed by atoms with Gasteiger partial charge in [-0.05, 0) is 65.0 Å². The van der Waals surface area contributed by atoms with Crippen molar-refractivity contribution >= 4 is 11.9 Å². The zero-order valence-corrected chi connectivity index (χ0v) is 16.3. The molecule has 2 fully saturated rings. The lowest BCUT2D eigenvalue weighted by molar-refractivity contribution is -0.0261. The van der Waals surface area contributed by atoms with Gasteiger partial charge >= 0.3 is 6.09 Å². The predicted molar refractivity (Wildman–Crippen MR) is 97.6 cm³/mol. The summed E-state index contributed by atoms with van der Waals surface area (Å²) in [7, 11) is 0. The molecule has 2 aliphatic heterocycles. The number of hydrogen-bond donors (Lipinski definition) is 0. The molecule has 2 unspecified atom stereocenters. The van der Waals surface area contributed by atoms with Crippen LogP contribution in [0.2, 0.25) is 0 Å². The molecule has 2 heterocycles. The summed E-state index contributed by atoms with van der Waals surface area (Å²) in [6, 6.07) is 2.84. The van der Waals surface area contributed by atoms with Crippen molar-refractivity contribution in [2.75, 3.05) is 0 Å². The van der Waals surface area contributed by atoms with Gasteiger partial charge in [0.1, 0.15) is 23.3 Å². The van der Waals surface area contributed by atoms with E-state index < -0.39 is 34.5 Å². The van der Waals surface area contributed by atoms with Crippen LogP contribution < -0.4 is 0 Å². The molecule has 1 amide bonds. The van der Waals surface area contributed by atoms with Crippen molar-refractivity contribution in [3.05, 3.63) is 34.9 Å². The average molecular weight is 390 g/mol. The van der Waals surface area contributed by atoms with Crippen LogP contribution in [0.3, 0.4) is 0 Å². The molecule has 0 N–H and O–H groups in total. The molecule has 2 saturated heterocycles. The minimum Gasteiger partial charge on any atom is -0.444 e. The van der Waals surface area contributed by atoms with E-state index in [1.165, 1.54) is 0 Å². The second kappa shape index (κ2) is 7.50. The maximum atomic E-state index is 14.3. The second-order valence-corrected chi connectivity index (χ2v) is 8.58. The lowest BCUT2D eigenvalue weighted by Crippen LogP contribution is -2.56. The van der Waals surface area contributed by atoms with Crippen LogP contribution in [0.25, 0.3) is 0 Å². The second-order valence-electron chi connectivity index (χ2n) is 8.58. The molecule has 7 heteroatoms. The monoisotopic (exact) mass is 390 g/mol. The van der Waals surface area contributed by atoms with Crippen LogP contribution >= 0.6 is 0 Å². The summed E-state index contributed by atoms with van der Waals surface area (Å²) in [5.41, 5.74) is -1.36. The highest BCUT2D eigenvalue weighted by Gasteiger charge is 2.44. The van der Waals surface area contributed by atoms with Crippen molar-refractivity contribution in [3.63, 3.8) is 0 Å². The van der Waals surface area contributed by atoms with Crippen LogP contribution in [0.4, 0.5) is 13.6 Å². The van der Waals surface area contributed by atoms with Crippen molar-refractivity contribution in [1.29, 1.82) is 5.26 Å².